The van der Waals surface area contributed by atoms with E-state index in [1.54, 1.807) is 60.7 Å². The van der Waals surface area contributed by atoms with Gasteiger partial charge in [-0.2, -0.15) is 13.2 Å². The number of halogens is 5. The summed E-state index contributed by atoms with van der Waals surface area (Å²) in [4.78, 5) is 28.5. The van der Waals surface area contributed by atoms with E-state index >= 15 is 0 Å². The summed E-state index contributed by atoms with van der Waals surface area (Å²) >= 11 is 12.7. The highest BCUT2D eigenvalue weighted by Gasteiger charge is 2.37. The monoisotopic (exact) mass is 677 g/mol. The topological polar surface area (TPSA) is 86.8 Å². The van der Waals surface area contributed by atoms with Crippen molar-refractivity contribution in [2.75, 3.05) is 17.9 Å². The number of carbonyl (C=O) groups excluding carboxylic acids is 2. The molecule has 4 aromatic rings. The summed E-state index contributed by atoms with van der Waals surface area (Å²) in [7, 11) is -3.26. The number of amides is 2. The molecular weight excluding hydrogens is 650 g/mol. The molecule has 0 saturated heterocycles. The second-order valence-corrected chi connectivity index (χ2v) is 12.6. The smallest absolute Gasteiger partial charge is 0.357 e. The molecule has 0 spiro atoms. The van der Waals surface area contributed by atoms with E-state index in [4.69, 9.17) is 23.2 Å². The summed E-state index contributed by atoms with van der Waals surface area (Å²) in [6, 6.07) is 23.5. The van der Waals surface area contributed by atoms with Gasteiger partial charge in [0.25, 0.3) is 10.0 Å². The summed E-state index contributed by atoms with van der Waals surface area (Å²) < 4.78 is 69.8. The molecule has 1 N–H and O–H groups in total. The molecule has 0 aliphatic rings. The number of likely N-dealkylation sites (N-methyl/N-ethyl adjacent to an activating group) is 1. The van der Waals surface area contributed by atoms with Gasteiger partial charge in [-0.3, -0.25) is 13.9 Å². The molecule has 2 amide bonds. The van der Waals surface area contributed by atoms with Crippen molar-refractivity contribution in [3.05, 3.63) is 130 Å². The number of alkyl halides is 3. The van der Waals surface area contributed by atoms with Gasteiger partial charge in [-0.15, -0.1) is 0 Å². The van der Waals surface area contributed by atoms with E-state index in [0.717, 1.165) is 6.07 Å². The van der Waals surface area contributed by atoms with Crippen LogP contribution in [0, 0.1) is 0 Å². The zero-order valence-electron chi connectivity index (χ0n) is 23.8. The molecule has 0 aliphatic carbocycles. The second kappa shape index (κ2) is 14.4. The fraction of sp³-hybridized carbons (Fsp3) is 0.188. The Kier molecular flexibility index (Phi) is 10.8. The number of benzene rings is 4. The van der Waals surface area contributed by atoms with Crippen molar-refractivity contribution in [2.24, 2.45) is 0 Å². The lowest BCUT2D eigenvalue weighted by Crippen LogP contribution is -2.53. The number of rotatable bonds is 11. The van der Waals surface area contributed by atoms with Crippen LogP contribution in [0.4, 0.5) is 18.9 Å². The average molecular weight is 679 g/mol. The molecule has 4 aromatic carbocycles. The number of hydrogen-bond acceptors (Lipinski definition) is 4. The largest absolute Gasteiger partial charge is 0.416 e. The van der Waals surface area contributed by atoms with Gasteiger partial charge in [-0.25, -0.2) is 8.42 Å². The molecule has 236 valence electrons. The van der Waals surface area contributed by atoms with Crippen molar-refractivity contribution >= 4 is 50.7 Å². The van der Waals surface area contributed by atoms with Gasteiger partial charge in [0.1, 0.15) is 12.6 Å². The van der Waals surface area contributed by atoms with E-state index in [1.165, 1.54) is 36.2 Å². The number of hydrogen-bond donors (Lipinski definition) is 1. The van der Waals surface area contributed by atoms with Crippen molar-refractivity contribution in [3.8, 4) is 0 Å². The summed E-state index contributed by atoms with van der Waals surface area (Å²) in [5, 5.41) is 2.51. The highest BCUT2D eigenvalue weighted by molar-refractivity contribution is 7.92. The van der Waals surface area contributed by atoms with Crippen molar-refractivity contribution in [3.63, 3.8) is 0 Å². The van der Waals surface area contributed by atoms with Gasteiger partial charge in [0.2, 0.25) is 11.8 Å². The maximum Gasteiger partial charge on any atom is 0.416 e. The first-order valence-electron chi connectivity index (χ1n) is 13.6. The molecule has 7 nitrogen and oxygen atoms in total. The summed E-state index contributed by atoms with van der Waals surface area (Å²) in [5.41, 5.74) is -0.550. The van der Waals surface area contributed by atoms with Gasteiger partial charge in [-0.05, 0) is 47.5 Å². The molecule has 45 heavy (non-hydrogen) atoms. The van der Waals surface area contributed by atoms with Crippen LogP contribution in [0.25, 0.3) is 0 Å². The minimum Gasteiger partial charge on any atom is -0.357 e. The zero-order valence-corrected chi connectivity index (χ0v) is 26.2. The van der Waals surface area contributed by atoms with Gasteiger partial charge < -0.3 is 10.2 Å². The van der Waals surface area contributed by atoms with Crippen molar-refractivity contribution in [1.82, 2.24) is 10.2 Å². The Morgan fingerprint density at radius 1 is 0.844 bits per heavy atom. The minimum absolute atomic E-state index is 0.0481. The first kappa shape index (κ1) is 33.8. The van der Waals surface area contributed by atoms with Crippen LogP contribution in [0.5, 0.6) is 0 Å². The first-order valence-corrected chi connectivity index (χ1v) is 15.8. The van der Waals surface area contributed by atoms with Gasteiger partial charge >= 0.3 is 6.18 Å². The number of nitrogens with zero attached hydrogens (tertiary/aromatic N) is 2. The van der Waals surface area contributed by atoms with E-state index in [0.29, 0.717) is 32.6 Å². The predicted octanol–water partition coefficient (Wildman–Crippen LogP) is 6.59. The highest BCUT2D eigenvalue weighted by Crippen LogP contribution is 2.37. The van der Waals surface area contributed by atoms with Crippen molar-refractivity contribution in [1.29, 1.82) is 0 Å². The third kappa shape index (κ3) is 8.16. The molecular formula is C32H28Cl2F3N3O4S. The fourth-order valence-electron chi connectivity index (χ4n) is 4.64. The lowest BCUT2D eigenvalue weighted by molar-refractivity contribution is -0.139. The Morgan fingerprint density at radius 3 is 2.04 bits per heavy atom. The fourth-order valence-corrected chi connectivity index (χ4v) is 6.55. The third-order valence-corrected chi connectivity index (χ3v) is 9.43. The quantitative estimate of drug-likeness (QED) is 0.194. The summed E-state index contributed by atoms with van der Waals surface area (Å²) in [6.45, 7) is -1.19. The molecule has 0 unspecified atom stereocenters. The van der Waals surface area contributed by atoms with E-state index in [1.807, 2.05) is 0 Å². The molecule has 0 fully saturated rings. The summed E-state index contributed by atoms with van der Waals surface area (Å²) in [6.07, 6.45) is -4.78. The lowest BCUT2D eigenvalue weighted by atomic mass is 10.0. The third-order valence-electron chi connectivity index (χ3n) is 6.97. The van der Waals surface area contributed by atoms with E-state index < -0.39 is 51.9 Å². The SMILES string of the molecule is CNC(=O)[C@H](Cc1ccccc1)N(Cc1ccccc1Cl)C(=O)CN(c1cc(C(F)(F)F)ccc1Cl)S(=O)(=O)c1ccccc1. The van der Waals surface area contributed by atoms with Crippen LogP contribution in [0.3, 0.4) is 0 Å². The molecule has 0 heterocycles. The van der Waals surface area contributed by atoms with Crippen LogP contribution in [0.2, 0.25) is 10.0 Å². The van der Waals surface area contributed by atoms with Gasteiger partial charge in [-0.1, -0.05) is 89.9 Å². The number of carbonyl (C=O) groups is 2. The number of anilines is 1. The average Bonchev–Trinajstić information content (AvgIpc) is 3.02. The maximum atomic E-state index is 14.3. The number of sulfonamides is 1. The normalized spacial score (nSPS) is 12.3. The Bertz CT molecular complexity index is 1760. The molecule has 0 aliphatic heterocycles. The van der Waals surface area contributed by atoms with E-state index in [-0.39, 0.29) is 22.9 Å². The van der Waals surface area contributed by atoms with Crippen LogP contribution in [0.15, 0.2) is 108 Å². The van der Waals surface area contributed by atoms with E-state index in [2.05, 4.69) is 5.32 Å². The molecule has 4 rings (SSSR count). The Balaban J connectivity index is 1.86. The Hall–Kier alpha value is -4.06. The van der Waals surface area contributed by atoms with Gasteiger partial charge in [0.05, 0.1) is 21.2 Å². The number of nitrogens with one attached hydrogen (secondary N) is 1. The van der Waals surface area contributed by atoms with Crippen LogP contribution < -0.4 is 9.62 Å². The first-order chi connectivity index (χ1) is 21.3. The van der Waals surface area contributed by atoms with Crippen molar-refractivity contribution in [2.45, 2.75) is 30.1 Å². The van der Waals surface area contributed by atoms with Crippen LogP contribution >= 0.6 is 23.2 Å². The van der Waals surface area contributed by atoms with Gasteiger partial charge in [0.15, 0.2) is 0 Å². The molecule has 1 atom stereocenters. The molecule has 0 bridgehead atoms. The standard InChI is InChI=1S/C32H28Cl2F3N3O4S/c1-38-31(42)29(18-22-10-4-2-5-11-22)39(20-23-12-8-9-15-26(23)33)30(41)21-40(45(43,44)25-13-6-3-7-14-25)28-19-24(32(35,36)37)16-17-27(28)34/h2-17,19,29H,18,20-21H2,1H3,(H,38,42)/t29-/m0/s1. The van der Waals surface area contributed by atoms with Crippen LogP contribution in [0.1, 0.15) is 16.7 Å². The van der Waals surface area contributed by atoms with Crippen LogP contribution in [-0.2, 0) is 38.8 Å². The van der Waals surface area contributed by atoms with E-state index in [9.17, 15) is 31.2 Å². The summed E-state index contributed by atoms with van der Waals surface area (Å²) in [5.74, 6) is -1.43. The van der Waals surface area contributed by atoms with Crippen LogP contribution in [-0.4, -0.2) is 44.8 Å². The van der Waals surface area contributed by atoms with Gasteiger partial charge in [0, 0.05) is 25.0 Å². The van der Waals surface area contributed by atoms with Crippen molar-refractivity contribution < 1.29 is 31.2 Å². The Labute approximate surface area is 269 Å². The lowest BCUT2D eigenvalue weighted by Gasteiger charge is -2.34. The molecule has 13 heteroatoms. The molecule has 0 radical (unpaired) electrons. The molecule has 0 saturated carbocycles. The second-order valence-electron chi connectivity index (χ2n) is 9.92. The predicted molar refractivity (Wildman–Crippen MR) is 167 cm³/mol. The minimum atomic E-state index is -4.83. The Morgan fingerprint density at radius 2 is 1.44 bits per heavy atom. The maximum absolute atomic E-state index is 14.3. The zero-order chi connectivity index (χ0) is 32.8. The molecule has 0 aromatic heterocycles. The highest BCUT2D eigenvalue weighted by atomic mass is 35.5.